The largest absolute Gasteiger partial charge is 0.391 e. The van der Waals surface area contributed by atoms with Gasteiger partial charge in [-0.1, -0.05) is 0 Å². The van der Waals surface area contributed by atoms with Gasteiger partial charge in [0.1, 0.15) is 0 Å². The predicted molar refractivity (Wildman–Crippen MR) is 66.2 cm³/mol. The molecule has 0 bridgehead atoms. The summed E-state index contributed by atoms with van der Waals surface area (Å²) in [7, 11) is 0. The van der Waals surface area contributed by atoms with Gasteiger partial charge in [-0.05, 0) is 44.3 Å². The molecule has 1 atom stereocenters. The zero-order valence-corrected chi connectivity index (χ0v) is 11.7. The molecule has 1 N–H and O–H groups in total. The van der Waals surface area contributed by atoms with Crippen LogP contribution in [0.5, 0.6) is 0 Å². The van der Waals surface area contributed by atoms with Crippen LogP contribution in [0.15, 0.2) is 14.3 Å². The highest BCUT2D eigenvalue weighted by Gasteiger charge is 2.26. The normalized spacial score (nSPS) is 21.0. The van der Waals surface area contributed by atoms with Gasteiger partial charge in [-0.2, -0.15) is 0 Å². The summed E-state index contributed by atoms with van der Waals surface area (Å²) < 4.78 is 1.82. The van der Waals surface area contributed by atoms with Crippen molar-refractivity contribution in [3.05, 3.63) is 19.2 Å². The van der Waals surface area contributed by atoms with Crippen molar-refractivity contribution in [1.82, 2.24) is 4.90 Å². The number of aliphatic hydroxyl groups is 1. The molecule has 1 saturated heterocycles. The molecule has 1 aliphatic rings. The maximum atomic E-state index is 11.9. The Morgan fingerprint density at radius 2 is 2.33 bits per heavy atom. The standard InChI is InChI=1S/C9H9Br2NO2S/c10-6-3-7(15-8(6)11)9(14)12-2-1-5(13)4-12/h3,5,13H,1-2,4H2/t5-/m1/s1. The molecule has 6 heteroatoms. The first-order chi connectivity index (χ1) is 7.08. The Morgan fingerprint density at radius 1 is 1.60 bits per heavy atom. The molecule has 1 fully saturated rings. The number of carbonyl (C=O) groups excluding carboxylic acids is 1. The van der Waals surface area contributed by atoms with Crippen LogP contribution in [-0.4, -0.2) is 35.1 Å². The monoisotopic (exact) mass is 353 g/mol. The summed E-state index contributed by atoms with van der Waals surface area (Å²) in [6.45, 7) is 1.10. The average Bonchev–Trinajstić information content (AvgIpc) is 2.74. The van der Waals surface area contributed by atoms with Crippen molar-refractivity contribution in [3.8, 4) is 0 Å². The molecular weight excluding hydrogens is 346 g/mol. The van der Waals surface area contributed by atoms with E-state index in [9.17, 15) is 9.90 Å². The quantitative estimate of drug-likeness (QED) is 0.841. The smallest absolute Gasteiger partial charge is 0.264 e. The predicted octanol–water partition coefficient (Wildman–Crippen LogP) is 2.48. The third-order valence-corrected chi connectivity index (χ3v) is 5.55. The maximum Gasteiger partial charge on any atom is 0.264 e. The number of nitrogens with zero attached hydrogens (tertiary/aromatic N) is 1. The molecule has 1 amide bonds. The molecule has 2 rings (SSSR count). The third-order valence-electron chi connectivity index (χ3n) is 2.31. The summed E-state index contributed by atoms with van der Waals surface area (Å²) in [6, 6.07) is 1.81. The lowest BCUT2D eigenvalue weighted by Crippen LogP contribution is -2.28. The third kappa shape index (κ3) is 2.43. The van der Waals surface area contributed by atoms with E-state index in [1.54, 1.807) is 4.90 Å². The summed E-state index contributed by atoms with van der Waals surface area (Å²) in [4.78, 5) is 14.3. The number of β-amino-alcohol motifs (C(OH)–C–C–N with tert-alkyl or cyclic N) is 1. The van der Waals surface area contributed by atoms with E-state index in [2.05, 4.69) is 31.9 Å². The van der Waals surface area contributed by atoms with E-state index in [1.807, 2.05) is 6.07 Å². The molecule has 0 radical (unpaired) electrons. The molecule has 2 heterocycles. The van der Waals surface area contributed by atoms with Crippen molar-refractivity contribution < 1.29 is 9.90 Å². The van der Waals surface area contributed by atoms with Crippen LogP contribution in [0.3, 0.4) is 0 Å². The van der Waals surface area contributed by atoms with Crippen LogP contribution in [0.4, 0.5) is 0 Å². The molecular formula is C9H9Br2NO2S. The van der Waals surface area contributed by atoms with Crippen molar-refractivity contribution in [1.29, 1.82) is 0 Å². The minimum Gasteiger partial charge on any atom is -0.391 e. The van der Waals surface area contributed by atoms with Crippen molar-refractivity contribution in [2.45, 2.75) is 12.5 Å². The highest BCUT2D eigenvalue weighted by molar-refractivity contribution is 9.13. The first-order valence-electron chi connectivity index (χ1n) is 4.50. The lowest BCUT2D eigenvalue weighted by atomic mass is 10.3. The van der Waals surface area contributed by atoms with E-state index >= 15 is 0 Å². The molecule has 15 heavy (non-hydrogen) atoms. The number of halogens is 2. The zero-order valence-electron chi connectivity index (χ0n) is 7.74. The van der Waals surface area contributed by atoms with Gasteiger partial charge >= 0.3 is 0 Å². The molecule has 0 spiro atoms. The van der Waals surface area contributed by atoms with Crippen LogP contribution in [-0.2, 0) is 0 Å². The Bertz CT molecular complexity index is 374. The van der Waals surface area contributed by atoms with Gasteiger partial charge in [0, 0.05) is 17.6 Å². The van der Waals surface area contributed by atoms with Crippen LogP contribution < -0.4 is 0 Å². The molecule has 1 aromatic heterocycles. The Hall–Kier alpha value is 0.0900. The summed E-state index contributed by atoms with van der Waals surface area (Å²) in [5.41, 5.74) is 0. The van der Waals surface area contributed by atoms with E-state index in [0.29, 0.717) is 24.4 Å². The van der Waals surface area contributed by atoms with Crippen molar-refractivity contribution in [3.63, 3.8) is 0 Å². The van der Waals surface area contributed by atoms with Crippen LogP contribution >= 0.6 is 43.2 Å². The Kier molecular flexibility index (Phi) is 3.49. The van der Waals surface area contributed by atoms with Crippen LogP contribution in [0, 0.1) is 0 Å². The van der Waals surface area contributed by atoms with Gasteiger partial charge in [0.05, 0.1) is 14.8 Å². The summed E-state index contributed by atoms with van der Waals surface area (Å²) >= 11 is 8.11. The number of aliphatic hydroxyl groups excluding tert-OH is 1. The number of hydrogen-bond donors (Lipinski definition) is 1. The number of likely N-dealkylation sites (tertiary alicyclic amines) is 1. The average molecular weight is 355 g/mol. The van der Waals surface area contributed by atoms with E-state index in [0.717, 1.165) is 8.26 Å². The number of thiophene rings is 1. The van der Waals surface area contributed by atoms with Gasteiger partial charge in [-0.3, -0.25) is 4.79 Å². The minimum atomic E-state index is -0.360. The first-order valence-corrected chi connectivity index (χ1v) is 6.90. The summed E-state index contributed by atoms with van der Waals surface area (Å²) in [5, 5.41) is 9.35. The molecule has 82 valence electrons. The lowest BCUT2D eigenvalue weighted by Gasteiger charge is -2.13. The van der Waals surface area contributed by atoms with Crippen LogP contribution in [0.1, 0.15) is 16.1 Å². The van der Waals surface area contributed by atoms with E-state index < -0.39 is 0 Å². The highest BCUT2D eigenvalue weighted by atomic mass is 79.9. The van der Waals surface area contributed by atoms with E-state index in [-0.39, 0.29) is 12.0 Å². The number of amides is 1. The second-order valence-corrected chi connectivity index (χ2v) is 6.65. The van der Waals surface area contributed by atoms with Crippen LogP contribution in [0.2, 0.25) is 0 Å². The molecule has 3 nitrogen and oxygen atoms in total. The topological polar surface area (TPSA) is 40.5 Å². The fraction of sp³-hybridized carbons (Fsp3) is 0.444. The molecule has 1 aliphatic heterocycles. The molecule has 0 saturated carbocycles. The van der Waals surface area contributed by atoms with Gasteiger partial charge in [-0.15, -0.1) is 11.3 Å². The van der Waals surface area contributed by atoms with E-state index in [4.69, 9.17) is 0 Å². The summed E-state index contributed by atoms with van der Waals surface area (Å²) in [6.07, 6.45) is 0.320. The van der Waals surface area contributed by atoms with Crippen molar-refractivity contribution in [2.75, 3.05) is 13.1 Å². The molecule has 0 unspecified atom stereocenters. The fourth-order valence-corrected chi connectivity index (χ4v) is 3.54. The fourth-order valence-electron chi connectivity index (χ4n) is 1.53. The Labute approximate surface area is 108 Å². The van der Waals surface area contributed by atoms with Gasteiger partial charge in [-0.25, -0.2) is 0 Å². The molecule has 0 aliphatic carbocycles. The Morgan fingerprint density at radius 3 is 2.80 bits per heavy atom. The first kappa shape index (κ1) is 11.6. The number of hydrogen-bond acceptors (Lipinski definition) is 3. The van der Waals surface area contributed by atoms with Gasteiger partial charge < -0.3 is 10.0 Å². The highest BCUT2D eigenvalue weighted by Crippen LogP contribution is 2.33. The summed E-state index contributed by atoms with van der Waals surface area (Å²) in [5.74, 6) is 0.00273. The van der Waals surface area contributed by atoms with Crippen LogP contribution in [0.25, 0.3) is 0 Å². The van der Waals surface area contributed by atoms with Crippen molar-refractivity contribution in [2.24, 2.45) is 0 Å². The van der Waals surface area contributed by atoms with Gasteiger partial charge in [0.15, 0.2) is 0 Å². The maximum absolute atomic E-state index is 11.9. The molecule has 0 aromatic carbocycles. The lowest BCUT2D eigenvalue weighted by molar-refractivity contribution is 0.0769. The van der Waals surface area contributed by atoms with Crippen molar-refractivity contribution >= 4 is 49.1 Å². The minimum absolute atomic E-state index is 0.00273. The SMILES string of the molecule is O=C(c1cc(Br)c(Br)s1)N1CC[C@@H](O)C1. The number of rotatable bonds is 1. The molecule has 1 aromatic rings. The second kappa shape index (κ2) is 4.53. The van der Waals surface area contributed by atoms with Gasteiger partial charge in [0.25, 0.3) is 5.91 Å². The number of carbonyl (C=O) groups is 1. The zero-order chi connectivity index (χ0) is 11.0. The van der Waals surface area contributed by atoms with E-state index in [1.165, 1.54) is 11.3 Å². The second-order valence-electron chi connectivity index (χ2n) is 3.43. The Balaban J connectivity index is 2.14. The van der Waals surface area contributed by atoms with Gasteiger partial charge in [0.2, 0.25) is 0 Å².